The molecule has 0 amide bonds. The lowest BCUT2D eigenvalue weighted by atomic mass is 10.0. The third kappa shape index (κ3) is 3.72. The zero-order chi connectivity index (χ0) is 12.8. The highest BCUT2D eigenvalue weighted by molar-refractivity contribution is 5.28. The van der Waals surface area contributed by atoms with Crippen molar-refractivity contribution in [3.05, 3.63) is 29.8 Å². The van der Waals surface area contributed by atoms with Gasteiger partial charge in [-0.1, -0.05) is 18.6 Å². The van der Waals surface area contributed by atoms with Gasteiger partial charge in [-0.2, -0.15) is 0 Å². The van der Waals surface area contributed by atoms with E-state index in [0.717, 1.165) is 12.3 Å². The molecule has 1 aliphatic heterocycles. The van der Waals surface area contributed by atoms with Crippen molar-refractivity contribution in [2.45, 2.75) is 38.8 Å². The van der Waals surface area contributed by atoms with E-state index in [4.69, 9.17) is 10.5 Å². The van der Waals surface area contributed by atoms with Crippen molar-refractivity contribution in [2.24, 2.45) is 5.73 Å². The highest BCUT2D eigenvalue weighted by Gasteiger charge is 2.18. The number of likely N-dealkylation sites (tertiary alicyclic amines) is 1. The molecule has 1 aliphatic rings. The van der Waals surface area contributed by atoms with Crippen LogP contribution in [0.2, 0.25) is 0 Å². The molecule has 1 atom stereocenters. The van der Waals surface area contributed by atoms with Gasteiger partial charge in [0.25, 0.3) is 0 Å². The molecule has 1 heterocycles. The van der Waals surface area contributed by atoms with Crippen LogP contribution in [-0.2, 0) is 6.54 Å². The minimum Gasteiger partial charge on any atom is -0.492 e. The summed E-state index contributed by atoms with van der Waals surface area (Å²) in [7, 11) is 0. The van der Waals surface area contributed by atoms with E-state index in [1.165, 1.54) is 31.4 Å². The summed E-state index contributed by atoms with van der Waals surface area (Å²) in [5.41, 5.74) is 6.78. The van der Waals surface area contributed by atoms with Crippen molar-refractivity contribution in [3.63, 3.8) is 0 Å². The number of hydrogen-bond donors (Lipinski definition) is 1. The van der Waals surface area contributed by atoms with Gasteiger partial charge >= 0.3 is 0 Å². The minimum absolute atomic E-state index is 0.563. The van der Waals surface area contributed by atoms with E-state index in [0.29, 0.717) is 19.2 Å². The van der Waals surface area contributed by atoms with E-state index in [1.807, 2.05) is 6.07 Å². The van der Waals surface area contributed by atoms with Gasteiger partial charge in [0, 0.05) is 19.1 Å². The predicted molar refractivity (Wildman–Crippen MR) is 74.7 cm³/mol. The highest BCUT2D eigenvalue weighted by Crippen LogP contribution is 2.21. The summed E-state index contributed by atoms with van der Waals surface area (Å²) < 4.78 is 5.57. The molecule has 0 saturated carbocycles. The summed E-state index contributed by atoms with van der Waals surface area (Å²) >= 11 is 0. The molecule has 1 aromatic carbocycles. The van der Waals surface area contributed by atoms with Gasteiger partial charge in [0.05, 0.1) is 0 Å². The first-order chi connectivity index (χ1) is 8.79. The Kier molecular flexibility index (Phi) is 5.02. The topological polar surface area (TPSA) is 38.5 Å². The summed E-state index contributed by atoms with van der Waals surface area (Å²) in [6, 6.07) is 9.08. The zero-order valence-electron chi connectivity index (χ0n) is 11.3. The van der Waals surface area contributed by atoms with Crippen LogP contribution in [0.15, 0.2) is 24.3 Å². The van der Waals surface area contributed by atoms with Gasteiger partial charge in [0.15, 0.2) is 0 Å². The standard InChI is InChI=1S/C15H24N2O/c1-13-5-2-3-9-17(13)12-14-6-4-7-15(11-14)18-10-8-16/h4,6-7,11,13H,2-3,5,8-10,12,16H2,1H3. The Bertz CT molecular complexity index is 367. The number of benzene rings is 1. The number of hydrogen-bond acceptors (Lipinski definition) is 3. The van der Waals surface area contributed by atoms with E-state index in [2.05, 4.69) is 30.0 Å². The molecule has 0 aliphatic carbocycles. The largest absolute Gasteiger partial charge is 0.492 e. The van der Waals surface area contributed by atoms with Crippen LogP contribution in [0.25, 0.3) is 0 Å². The Morgan fingerprint density at radius 2 is 2.28 bits per heavy atom. The molecule has 100 valence electrons. The van der Waals surface area contributed by atoms with Crippen LogP contribution in [0.4, 0.5) is 0 Å². The number of rotatable bonds is 5. The fourth-order valence-electron chi connectivity index (χ4n) is 2.54. The van der Waals surface area contributed by atoms with Gasteiger partial charge in [-0.05, 0) is 44.0 Å². The maximum Gasteiger partial charge on any atom is 0.119 e. The molecule has 1 aromatic rings. The smallest absolute Gasteiger partial charge is 0.119 e. The first kappa shape index (κ1) is 13.4. The highest BCUT2D eigenvalue weighted by atomic mass is 16.5. The lowest BCUT2D eigenvalue weighted by molar-refractivity contribution is 0.152. The molecule has 18 heavy (non-hydrogen) atoms. The molecule has 0 radical (unpaired) electrons. The van der Waals surface area contributed by atoms with Gasteiger partial charge in [-0.15, -0.1) is 0 Å². The molecular formula is C15H24N2O. The zero-order valence-corrected chi connectivity index (χ0v) is 11.3. The Balaban J connectivity index is 1.95. The predicted octanol–water partition coefficient (Wildman–Crippen LogP) is 2.40. The van der Waals surface area contributed by atoms with Crippen molar-refractivity contribution in [1.29, 1.82) is 0 Å². The van der Waals surface area contributed by atoms with Gasteiger partial charge in [-0.25, -0.2) is 0 Å². The first-order valence-corrected chi connectivity index (χ1v) is 6.95. The molecule has 1 saturated heterocycles. The van der Waals surface area contributed by atoms with E-state index in [9.17, 15) is 0 Å². The summed E-state index contributed by atoms with van der Waals surface area (Å²) in [4.78, 5) is 2.56. The van der Waals surface area contributed by atoms with E-state index in [-0.39, 0.29) is 0 Å². The summed E-state index contributed by atoms with van der Waals surface area (Å²) in [6.45, 7) is 5.72. The van der Waals surface area contributed by atoms with Gasteiger partial charge in [0.1, 0.15) is 12.4 Å². The third-order valence-corrected chi connectivity index (χ3v) is 3.61. The minimum atomic E-state index is 0.563. The second kappa shape index (κ2) is 6.76. The molecular weight excluding hydrogens is 224 g/mol. The average Bonchev–Trinajstić information content (AvgIpc) is 2.40. The molecule has 3 heteroatoms. The van der Waals surface area contributed by atoms with Crippen LogP contribution in [0, 0.1) is 0 Å². The average molecular weight is 248 g/mol. The second-order valence-electron chi connectivity index (χ2n) is 5.10. The van der Waals surface area contributed by atoms with Crippen LogP contribution in [0.5, 0.6) is 5.75 Å². The van der Waals surface area contributed by atoms with Gasteiger partial charge in [-0.3, -0.25) is 4.90 Å². The van der Waals surface area contributed by atoms with Crippen molar-refractivity contribution in [2.75, 3.05) is 19.7 Å². The van der Waals surface area contributed by atoms with Crippen LogP contribution < -0.4 is 10.5 Å². The molecule has 2 rings (SSSR count). The van der Waals surface area contributed by atoms with Crippen LogP contribution in [-0.4, -0.2) is 30.6 Å². The van der Waals surface area contributed by atoms with E-state index < -0.39 is 0 Å². The van der Waals surface area contributed by atoms with Crippen LogP contribution in [0.3, 0.4) is 0 Å². The molecule has 2 N–H and O–H groups in total. The molecule has 0 bridgehead atoms. The van der Waals surface area contributed by atoms with Crippen LogP contribution in [0.1, 0.15) is 31.7 Å². The molecule has 1 fully saturated rings. The Hall–Kier alpha value is -1.06. The van der Waals surface area contributed by atoms with E-state index >= 15 is 0 Å². The van der Waals surface area contributed by atoms with Crippen molar-refractivity contribution < 1.29 is 4.74 Å². The lowest BCUT2D eigenvalue weighted by Crippen LogP contribution is -2.36. The fourth-order valence-corrected chi connectivity index (χ4v) is 2.54. The molecule has 0 aromatic heterocycles. The van der Waals surface area contributed by atoms with Gasteiger partial charge < -0.3 is 10.5 Å². The first-order valence-electron chi connectivity index (χ1n) is 6.95. The number of nitrogens with zero attached hydrogens (tertiary/aromatic N) is 1. The second-order valence-corrected chi connectivity index (χ2v) is 5.10. The molecule has 3 nitrogen and oxygen atoms in total. The van der Waals surface area contributed by atoms with Gasteiger partial charge in [0.2, 0.25) is 0 Å². The molecule has 0 spiro atoms. The third-order valence-electron chi connectivity index (χ3n) is 3.61. The Labute approximate surface area is 110 Å². The number of ether oxygens (including phenoxy) is 1. The SMILES string of the molecule is CC1CCCCN1Cc1cccc(OCCN)c1. The number of nitrogens with two attached hydrogens (primary N) is 1. The number of piperidine rings is 1. The summed E-state index contributed by atoms with van der Waals surface area (Å²) in [5.74, 6) is 0.933. The summed E-state index contributed by atoms with van der Waals surface area (Å²) in [5, 5.41) is 0. The maximum atomic E-state index is 5.57. The molecule has 1 unspecified atom stereocenters. The van der Waals surface area contributed by atoms with E-state index in [1.54, 1.807) is 0 Å². The quantitative estimate of drug-likeness (QED) is 0.869. The lowest BCUT2D eigenvalue weighted by Gasteiger charge is -2.33. The fraction of sp³-hybridized carbons (Fsp3) is 0.600. The Morgan fingerprint density at radius 3 is 3.06 bits per heavy atom. The Morgan fingerprint density at radius 1 is 1.39 bits per heavy atom. The normalized spacial score (nSPS) is 20.9. The summed E-state index contributed by atoms with van der Waals surface area (Å²) in [6.07, 6.45) is 4.02. The van der Waals surface area contributed by atoms with Crippen molar-refractivity contribution >= 4 is 0 Å². The van der Waals surface area contributed by atoms with Crippen molar-refractivity contribution in [1.82, 2.24) is 4.90 Å². The van der Waals surface area contributed by atoms with Crippen LogP contribution >= 0.6 is 0 Å². The monoisotopic (exact) mass is 248 g/mol. The maximum absolute atomic E-state index is 5.57. The van der Waals surface area contributed by atoms with Crippen molar-refractivity contribution in [3.8, 4) is 5.75 Å².